The second kappa shape index (κ2) is 11.1. The summed E-state index contributed by atoms with van der Waals surface area (Å²) >= 11 is 0. The Morgan fingerprint density at radius 2 is 2.00 bits per heavy atom. The molecular formula is C20H31F3N4O2. The van der Waals surface area contributed by atoms with E-state index >= 15 is 0 Å². The lowest BCUT2D eigenvalue weighted by molar-refractivity contribution is -0.143. The summed E-state index contributed by atoms with van der Waals surface area (Å²) in [7, 11) is 1.59. The number of nitrogens with one attached hydrogen (secondary N) is 2. The molecular weight excluding hydrogens is 385 g/mol. The van der Waals surface area contributed by atoms with Gasteiger partial charge in [-0.3, -0.25) is 4.90 Å². The number of nitrogens with zero attached hydrogens (tertiary/aromatic N) is 2. The summed E-state index contributed by atoms with van der Waals surface area (Å²) in [6, 6.07) is 7.43. The molecule has 0 spiro atoms. The molecule has 1 saturated heterocycles. The maximum atomic E-state index is 12.5. The number of likely N-dealkylation sites (tertiary alicyclic amines) is 1. The van der Waals surface area contributed by atoms with Gasteiger partial charge in [0.1, 0.15) is 6.10 Å². The van der Waals surface area contributed by atoms with Crippen molar-refractivity contribution in [2.75, 3.05) is 46.4 Å². The number of hydrogen-bond acceptors (Lipinski definition) is 4. The van der Waals surface area contributed by atoms with Gasteiger partial charge in [0, 0.05) is 19.6 Å². The Bertz CT molecular complexity index is 655. The SMILES string of the molecule is CCNC(=NCC(C)Oc1ccccc1OC)NCC1CCN(CC(F)(F)F)C1. The fraction of sp³-hybridized carbons (Fsp3) is 0.650. The second-order valence-electron chi connectivity index (χ2n) is 7.18. The van der Waals surface area contributed by atoms with E-state index in [9.17, 15) is 13.2 Å². The van der Waals surface area contributed by atoms with Crippen LogP contribution < -0.4 is 20.1 Å². The molecule has 2 N–H and O–H groups in total. The number of methoxy groups -OCH3 is 1. The summed E-state index contributed by atoms with van der Waals surface area (Å²) in [5.74, 6) is 2.13. The van der Waals surface area contributed by atoms with Gasteiger partial charge in [-0.2, -0.15) is 13.2 Å². The molecule has 0 radical (unpaired) electrons. The maximum Gasteiger partial charge on any atom is 0.401 e. The van der Waals surface area contributed by atoms with Crippen molar-refractivity contribution in [3.8, 4) is 11.5 Å². The normalized spacial score (nSPS) is 19.1. The molecule has 1 aromatic carbocycles. The molecule has 0 saturated carbocycles. The number of rotatable bonds is 9. The molecule has 1 fully saturated rings. The van der Waals surface area contributed by atoms with Crippen LogP contribution in [0.2, 0.25) is 0 Å². The number of para-hydroxylation sites is 2. The second-order valence-corrected chi connectivity index (χ2v) is 7.18. The highest BCUT2D eigenvalue weighted by atomic mass is 19.4. The zero-order valence-corrected chi connectivity index (χ0v) is 17.3. The number of ether oxygens (including phenoxy) is 2. The van der Waals surface area contributed by atoms with Gasteiger partial charge < -0.3 is 20.1 Å². The first kappa shape index (κ1) is 23.1. The van der Waals surface area contributed by atoms with E-state index in [-0.39, 0.29) is 12.0 Å². The van der Waals surface area contributed by atoms with Crippen LogP contribution >= 0.6 is 0 Å². The van der Waals surface area contributed by atoms with Crippen LogP contribution in [-0.4, -0.2) is 69.5 Å². The molecule has 9 heteroatoms. The highest BCUT2D eigenvalue weighted by molar-refractivity contribution is 5.79. The van der Waals surface area contributed by atoms with Gasteiger partial charge >= 0.3 is 6.18 Å². The standard InChI is InChI=1S/C20H31F3N4O2/c1-4-24-19(26-12-16-9-10-27(13-16)14-20(21,22)23)25-11-15(2)29-18-8-6-5-7-17(18)28-3/h5-8,15-16H,4,9-14H2,1-3H3,(H2,24,25,26). The van der Waals surface area contributed by atoms with E-state index in [4.69, 9.17) is 9.47 Å². The van der Waals surface area contributed by atoms with Crippen LogP contribution in [0.5, 0.6) is 11.5 Å². The van der Waals surface area contributed by atoms with Gasteiger partial charge in [0.15, 0.2) is 17.5 Å². The lowest BCUT2D eigenvalue weighted by Gasteiger charge is -2.19. The summed E-state index contributed by atoms with van der Waals surface area (Å²) in [5.41, 5.74) is 0. The average Bonchev–Trinajstić information content (AvgIpc) is 3.10. The van der Waals surface area contributed by atoms with Gasteiger partial charge in [-0.15, -0.1) is 0 Å². The summed E-state index contributed by atoms with van der Waals surface area (Å²) in [5, 5.41) is 6.40. The molecule has 6 nitrogen and oxygen atoms in total. The van der Waals surface area contributed by atoms with Crippen LogP contribution in [0.3, 0.4) is 0 Å². The van der Waals surface area contributed by atoms with Crippen molar-refractivity contribution in [2.24, 2.45) is 10.9 Å². The fourth-order valence-corrected chi connectivity index (χ4v) is 3.25. The van der Waals surface area contributed by atoms with Crippen molar-refractivity contribution in [1.29, 1.82) is 0 Å². The Kier molecular flexibility index (Phi) is 8.88. The summed E-state index contributed by atoms with van der Waals surface area (Å²) in [6.07, 6.45) is -3.57. The molecule has 0 amide bonds. The molecule has 2 rings (SSSR count). The van der Waals surface area contributed by atoms with E-state index in [1.165, 1.54) is 4.90 Å². The van der Waals surface area contributed by atoms with Crippen molar-refractivity contribution in [2.45, 2.75) is 32.5 Å². The minimum atomic E-state index is -4.14. The molecule has 29 heavy (non-hydrogen) atoms. The first-order valence-electron chi connectivity index (χ1n) is 9.91. The smallest absolute Gasteiger partial charge is 0.401 e. The zero-order valence-electron chi connectivity index (χ0n) is 17.3. The quantitative estimate of drug-likeness (QED) is 0.479. The van der Waals surface area contributed by atoms with Crippen LogP contribution in [0, 0.1) is 5.92 Å². The minimum absolute atomic E-state index is 0.170. The highest BCUT2D eigenvalue weighted by Crippen LogP contribution is 2.26. The molecule has 0 bridgehead atoms. The zero-order chi connectivity index (χ0) is 21.3. The van der Waals surface area contributed by atoms with Gasteiger partial charge in [0.25, 0.3) is 0 Å². The lowest BCUT2D eigenvalue weighted by atomic mass is 10.1. The Balaban J connectivity index is 1.81. The first-order chi connectivity index (χ1) is 13.8. The molecule has 1 aromatic rings. The molecule has 1 aliphatic heterocycles. The number of aliphatic imine (C=N–C) groups is 1. The minimum Gasteiger partial charge on any atom is -0.493 e. The van der Waals surface area contributed by atoms with E-state index in [2.05, 4.69) is 15.6 Å². The highest BCUT2D eigenvalue weighted by Gasteiger charge is 2.34. The van der Waals surface area contributed by atoms with Gasteiger partial charge in [0.05, 0.1) is 20.2 Å². The van der Waals surface area contributed by atoms with Crippen molar-refractivity contribution >= 4 is 5.96 Å². The fourth-order valence-electron chi connectivity index (χ4n) is 3.25. The average molecular weight is 416 g/mol. The lowest BCUT2D eigenvalue weighted by Crippen LogP contribution is -2.41. The molecule has 0 aromatic heterocycles. The van der Waals surface area contributed by atoms with E-state index in [0.29, 0.717) is 50.2 Å². The van der Waals surface area contributed by atoms with Crippen LogP contribution in [0.4, 0.5) is 13.2 Å². The third kappa shape index (κ3) is 8.39. The Labute approximate surface area is 170 Å². The van der Waals surface area contributed by atoms with Gasteiger partial charge in [-0.05, 0) is 44.9 Å². The van der Waals surface area contributed by atoms with E-state index in [0.717, 1.165) is 6.42 Å². The summed E-state index contributed by atoms with van der Waals surface area (Å²) in [4.78, 5) is 6.00. The topological polar surface area (TPSA) is 58.1 Å². The molecule has 0 aliphatic carbocycles. The van der Waals surface area contributed by atoms with Crippen LogP contribution in [0.1, 0.15) is 20.3 Å². The Hall–Kier alpha value is -2.16. The van der Waals surface area contributed by atoms with Gasteiger partial charge in [-0.25, -0.2) is 4.99 Å². The first-order valence-corrected chi connectivity index (χ1v) is 9.91. The number of halogens is 3. The molecule has 2 atom stereocenters. The molecule has 1 aliphatic rings. The van der Waals surface area contributed by atoms with Gasteiger partial charge in [0.2, 0.25) is 0 Å². The van der Waals surface area contributed by atoms with Crippen molar-refractivity contribution in [1.82, 2.24) is 15.5 Å². The van der Waals surface area contributed by atoms with Gasteiger partial charge in [-0.1, -0.05) is 12.1 Å². The van der Waals surface area contributed by atoms with Crippen LogP contribution in [-0.2, 0) is 0 Å². The summed E-state index contributed by atoms with van der Waals surface area (Å²) in [6.45, 7) is 5.68. The predicted octanol–water partition coefficient (Wildman–Crippen LogP) is 2.90. The number of benzene rings is 1. The molecule has 164 valence electrons. The van der Waals surface area contributed by atoms with Crippen molar-refractivity contribution < 1.29 is 22.6 Å². The Morgan fingerprint density at radius 1 is 1.28 bits per heavy atom. The third-order valence-electron chi connectivity index (χ3n) is 4.58. The number of hydrogen-bond donors (Lipinski definition) is 2. The predicted molar refractivity (Wildman–Crippen MR) is 108 cm³/mol. The van der Waals surface area contributed by atoms with Crippen molar-refractivity contribution in [3.05, 3.63) is 24.3 Å². The van der Waals surface area contributed by atoms with Crippen molar-refractivity contribution in [3.63, 3.8) is 0 Å². The van der Waals surface area contributed by atoms with E-state index < -0.39 is 12.7 Å². The van der Waals surface area contributed by atoms with E-state index in [1.807, 2.05) is 38.1 Å². The number of guanidine groups is 1. The van der Waals surface area contributed by atoms with Crippen LogP contribution in [0.15, 0.2) is 29.3 Å². The largest absolute Gasteiger partial charge is 0.493 e. The maximum absolute atomic E-state index is 12.5. The monoisotopic (exact) mass is 416 g/mol. The number of alkyl halides is 3. The summed E-state index contributed by atoms with van der Waals surface area (Å²) < 4.78 is 48.8. The Morgan fingerprint density at radius 3 is 2.66 bits per heavy atom. The van der Waals surface area contributed by atoms with Crippen LogP contribution in [0.25, 0.3) is 0 Å². The third-order valence-corrected chi connectivity index (χ3v) is 4.58. The van der Waals surface area contributed by atoms with E-state index in [1.54, 1.807) is 7.11 Å². The molecule has 2 unspecified atom stereocenters. The molecule has 1 heterocycles.